The van der Waals surface area contributed by atoms with Crippen LogP contribution in [0.4, 0.5) is 0 Å². The van der Waals surface area contributed by atoms with Crippen molar-refractivity contribution in [2.45, 2.75) is 31.5 Å². The first-order valence-corrected chi connectivity index (χ1v) is 6.24. The Hall–Kier alpha value is -0.420. The zero-order valence-corrected chi connectivity index (χ0v) is 9.67. The first-order chi connectivity index (χ1) is 7.31. The van der Waals surface area contributed by atoms with Crippen LogP contribution in [0.5, 0.6) is 0 Å². The van der Waals surface area contributed by atoms with E-state index >= 15 is 0 Å². The highest BCUT2D eigenvalue weighted by atomic mass is 32.1. The predicted octanol–water partition coefficient (Wildman–Crippen LogP) is 1.55. The minimum atomic E-state index is -0.362. The normalized spacial score (nSPS) is 28.1. The third-order valence-electron chi connectivity index (χ3n) is 2.76. The summed E-state index contributed by atoms with van der Waals surface area (Å²) in [5, 5.41) is 15.2. The molecular formula is C11H17NO2S. The van der Waals surface area contributed by atoms with Crippen molar-refractivity contribution in [2.24, 2.45) is 0 Å². The van der Waals surface area contributed by atoms with Crippen molar-refractivity contribution in [2.75, 3.05) is 13.2 Å². The van der Waals surface area contributed by atoms with Crippen molar-refractivity contribution < 1.29 is 9.84 Å². The zero-order valence-electron chi connectivity index (χ0n) is 8.85. The molecule has 3 nitrogen and oxygen atoms in total. The van der Waals surface area contributed by atoms with Gasteiger partial charge in [0.1, 0.15) is 0 Å². The fourth-order valence-electron chi connectivity index (χ4n) is 1.85. The molecule has 2 heterocycles. The molecule has 1 aromatic rings. The molecular weight excluding hydrogens is 210 g/mol. The SMILES string of the molecule is CCC(NC1COCC1O)c1cccs1. The van der Waals surface area contributed by atoms with Crippen LogP contribution in [0.2, 0.25) is 0 Å². The van der Waals surface area contributed by atoms with Crippen molar-refractivity contribution in [3.05, 3.63) is 22.4 Å². The van der Waals surface area contributed by atoms with Crippen molar-refractivity contribution >= 4 is 11.3 Å². The minimum Gasteiger partial charge on any atom is -0.389 e. The molecule has 0 aromatic carbocycles. The summed E-state index contributed by atoms with van der Waals surface area (Å²) in [6, 6.07) is 4.61. The molecule has 0 saturated carbocycles. The lowest BCUT2D eigenvalue weighted by molar-refractivity contribution is 0.121. The lowest BCUT2D eigenvalue weighted by atomic mass is 10.1. The van der Waals surface area contributed by atoms with Gasteiger partial charge in [-0.15, -0.1) is 11.3 Å². The number of hydrogen-bond donors (Lipinski definition) is 2. The van der Waals surface area contributed by atoms with Crippen LogP contribution >= 0.6 is 11.3 Å². The van der Waals surface area contributed by atoms with Gasteiger partial charge in [-0.2, -0.15) is 0 Å². The summed E-state index contributed by atoms with van der Waals surface area (Å²) in [6.07, 6.45) is 0.669. The molecule has 0 bridgehead atoms. The van der Waals surface area contributed by atoms with Gasteiger partial charge in [0, 0.05) is 10.9 Å². The van der Waals surface area contributed by atoms with Crippen LogP contribution in [-0.4, -0.2) is 30.5 Å². The Morgan fingerprint density at radius 2 is 2.53 bits per heavy atom. The van der Waals surface area contributed by atoms with Crippen LogP contribution in [0.15, 0.2) is 17.5 Å². The molecule has 0 spiro atoms. The number of hydrogen-bond acceptors (Lipinski definition) is 4. The molecule has 0 amide bonds. The first kappa shape index (κ1) is 11.1. The summed E-state index contributed by atoms with van der Waals surface area (Å²) < 4.78 is 5.22. The Morgan fingerprint density at radius 1 is 1.67 bits per heavy atom. The predicted molar refractivity (Wildman–Crippen MR) is 61.1 cm³/mol. The van der Waals surface area contributed by atoms with E-state index in [1.807, 2.05) is 0 Å². The Bertz CT molecular complexity index is 289. The van der Waals surface area contributed by atoms with Crippen molar-refractivity contribution in [1.29, 1.82) is 0 Å². The van der Waals surface area contributed by atoms with E-state index in [0.717, 1.165) is 6.42 Å². The maximum Gasteiger partial charge on any atom is 0.0948 e. The van der Waals surface area contributed by atoms with Gasteiger partial charge in [0.15, 0.2) is 0 Å². The molecule has 1 fully saturated rings. The maximum atomic E-state index is 9.65. The average Bonchev–Trinajstić information content (AvgIpc) is 2.86. The maximum absolute atomic E-state index is 9.65. The summed E-state index contributed by atoms with van der Waals surface area (Å²) in [4.78, 5) is 1.33. The highest BCUT2D eigenvalue weighted by Gasteiger charge is 2.28. The van der Waals surface area contributed by atoms with Crippen molar-refractivity contribution in [1.82, 2.24) is 5.32 Å². The number of rotatable bonds is 4. The second kappa shape index (κ2) is 5.07. The zero-order chi connectivity index (χ0) is 10.7. The Balaban J connectivity index is 1.96. The monoisotopic (exact) mass is 227 g/mol. The smallest absolute Gasteiger partial charge is 0.0948 e. The lowest BCUT2D eigenvalue weighted by Gasteiger charge is -2.21. The quantitative estimate of drug-likeness (QED) is 0.820. The van der Waals surface area contributed by atoms with E-state index < -0.39 is 0 Å². The van der Waals surface area contributed by atoms with Gasteiger partial charge >= 0.3 is 0 Å². The Kier molecular flexibility index (Phi) is 3.75. The molecule has 2 rings (SSSR count). The molecule has 3 atom stereocenters. The van der Waals surface area contributed by atoms with Gasteiger partial charge in [0.05, 0.1) is 25.4 Å². The van der Waals surface area contributed by atoms with E-state index in [2.05, 4.69) is 29.8 Å². The van der Waals surface area contributed by atoms with Gasteiger partial charge in [-0.05, 0) is 17.9 Å². The van der Waals surface area contributed by atoms with E-state index in [4.69, 9.17) is 4.74 Å². The highest BCUT2D eigenvalue weighted by Crippen LogP contribution is 2.23. The number of ether oxygens (including phenoxy) is 1. The van der Waals surface area contributed by atoms with Gasteiger partial charge in [0.2, 0.25) is 0 Å². The van der Waals surface area contributed by atoms with Gasteiger partial charge in [0.25, 0.3) is 0 Å². The molecule has 15 heavy (non-hydrogen) atoms. The van der Waals surface area contributed by atoms with E-state index in [1.165, 1.54) is 4.88 Å². The molecule has 0 aliphatic carbocycles. The summed E-state index contributed by atoms with van der Waals surface area (Å²) in [6.45, 7) is 3.22. The van der Waals surface area contributed by atoms with E-state index in [9.17, 15) is 5.11 Å². The molecule has 1 aromatic heterocycles. The minimum absolute atomic E-state index is 0.0806. The molecule has 1 aliphatic heterocycles. The number of nitrogens with one attached hydrogen (secondary N) is 1. The van der Waals surface area contributed by atoms with E-state index in [1.54, 1.807) is 11.3 Å². The third-order valence-corrected chi connectivity index (χ3v) is 3.75. The Morgan fingerprint density at radius 3 is 3.07 bits per heavy atom. The van der Waals surface area contributed by atoms with Gasteiger partial charge < -0.3 is 15.2 Å². The number of aliphatic hydroxyl groups is 1. The van der Waals surface area contributed by atoms with Crippen LogP contribution in [0.25, 0.3) is 0 Å². The van der Waals surface area contributed by atoms with Crippen LogP contribution in [0.1, 0.15) is 24.3 Å². The van der Waals surface area contributed by atoms with Crippen LogP contribution < -0.4 is 5.32 Å². The summed E-state index contributed by atoms with van der Waals surface area (Å²) in [7, 11) is 0. The standard InChI is InChI=1S/C11H17NO2S/c1-2-8(11-4-3-5-15-11)12-9-6-14-7-10(9)13/h3-5,8-10,12-13H,2,6-7H2,1H3. The van der Waals surface area contributed by atoms with E-state index in [0.29, 0.717) is 19.3 Å². The molecule has 2 N–H and O–H groups in total. The molecule has 3 unspecified atom stereocenters. The van der Waals surface area contributed by atoms with Crippen LogP contribution in [-0.2, 0) is 4.74 Å². The van der Waals surface area contributed by atoms with Gasteiger partial charge in [-0.1, -0.05) is 13.0 Å². The molecule has 84 valence electrons. The second-order valence-electron chi connectivity index (χ2n) is 3.85. The summed E-state index contributed by atoms with van der Waals surface area (Å²) in [5.74, 6) is 0. The van der Waals surface area contributed by atoms with Crippen LogP contribution in [0.3, 0.4) is 0 Å². The molecule has 1 saturated heterocycles. The average molecular weight is 227 g/mol. The third kappa shape index (κ3) is 2.58. The Labute approximate surface area is 94.1 Å². The number of aliphatic hydroxyl groups excluding tert-OH is 1. The van der Waals surface area contributed by atoms with Gasteiger partial charge in [-0.25, -0.2) is 0 Å². The van der Waals surface area contributed by atoms with E-state index in [-0.39, 0.29) is 12.1 Å². The van der Waals surface area contributed by atoms with Crippen LogP contribution in [0, 0.1) is 0 Å². The summed E-state index contributed by atoms with van der Waals surface area (Å²) in [5.41, 5.74) is 0. The fraction of sp³-hybridized carbons (Fsp3) is 0.636. The van der Waals surface area contributed by atoms with Crippen molar-refractivity contribution in [3.63, 3.8) is 0 Å². The molecule has 4 heteroatoms. The van der Waals surface area contributed by atoms with Gasteiger partial charge in [-0.3, -0.25) is 0 Å². The number of thiophene rings is 1. The molecule has 1 aliphatic rings. The summed E-state index contributed by atoms with van der Waals surface area (Å²) >= 11 is 1.76. The molecule has 0 radical (unpaired) electrons. The first-order valence-electron chi connectivity index (χ1n) is 5.36. The largest absolute Gasteiger partial charge is 0.389 e. The second-order valence-corrected chi connectivity index (χ2v) is 4.83. The fourth-order valence-corrected chi connectivity index (χ4v) is 2.72. The van der Waals surface area contributed by atoms with Crippen molar-refractivity contribution in [3.8, 4) is 0 Å². The highest BCUT2D eigenvalue weighted by molar-refractivity contribution is 7.10. The lowest BCUT2D eigenvalue weighted by Crippen LogP contribution is -2.40. The topological polar surface area (TPSA) is 41.5 Å².